The molecule has 0 atom stereocenters. The Balaban J connectivity index is 1.97. The summed E-state index contributed by atoms with van der Waals surface area (Å²) in [6.45, 7) is 3.45. The average molecular weight is 351 g/mol. The summed E-state index contributed by atoms with van der Waals surface area (Å²) in [6, 6.07) is 11.2. The van der Waals surface area contributed by atoms with Gasteiger partial charge in [-0.3, -0.25) is 19.1 Å². The van der Waals surface area contributed by atoms with Crippen molar-refractivity contribution in [1.82, 2.24) is 4.57 Å². The lowest BCUT2D eigenvalue weighted by molar-refractivity contribution is -0.114. The normalized spacial score (nSPS) is 15.7. The molecule has 5 heteroatoms. The van der Waals surface area contributed by atoms with Crippen LogP contribution in [-0.4, -0.2) is 22.4 Å². The minimum Gasteiger partial charge on any atom is -0.326 e. The van der Waals surface area contributed by atoms with E-state index in [9.17, 15) is 9.59 Å². The van der Waals surface area contributed by atoms with Gasteiger partial charge in [-0.15, -0.1) is 0 Å². The fourth-order valence-electron chi connectivity index (χ4n) is 3.33. The molecule has 0 unspecified atom stereocenters. The number of amides is 1. The van der Waals surface area contributed by atoms with E-state index in [2.05, 4.69) is 5.32 Å². The van der Waals surface area contributed by atoms with E-state index in [1.807, 2.05) is 19.1 Å². The van der Waals surface area contributed by atoms with Gasteiger partial charge in [0.1, 0.15) is 5.49 Å². The Morgan fingerprint density at radius 1 is 1.12 bits per heavy atom. The zero-order chi connectivity index (χ0) is 18.5. The van der Waals surface area contributed by atoms with Gasteiger partial charge in [-0.05, 0) is 55.7 Å². The first-order valence-corrected chi connectivity index (χ1v) is 9.18. The van der Waals surface area contributed by atoms with Crippen molar-refractivity contribution in [2.24, 2.45) is 4.99 Å². The van der Waals surface area contributed by atoms with Crippen LogP contribution in [0.15, 0.2) is 47.6 Å². The second-order valence-corrected chi connectivity index (χ2v) is 6.92. The summed E-state index contributed by atoms with van der Waals surface area (Å²) >= 11 is 0. The molecular formula is C21H25N3O2. The SMILES string of the molecule is CC(=O)Nc1cccc(C(=O)n2ccc(C)cc2=NC2CCCCC2)c1. The number of nitrogens with zero attached hydrogens (tertiary/aromatic N) is 2. The third-order valence-electron chi connectivity index (χ3n) is 4.63. The number of benzene rings is 1. The minimum atomic E-state index is -0.162. The molecule has 1 amide bonds. The first-order chi connectivity index (χ1) is 12.5. The van der Waals surface area contributed by atoms with Gasteiger partial charge in [0.2, 0.25) is 5.91 Å². The quantitative estimate of drug-likeness (QED) is 0.917. The van der Waals surface area contributed by atoms with E-state index in [1.54, 1.807) is 35.0 Å². The predicted octanol–water partition coefficient (Wildman–Crippen LogP) is 3.68. The minimum absolute atomic E-state index is 0.147. The summed E-state index contributed by atoms with van der Waals surface area (Å²) in [4.78, 5) is 29.2. The Bertz CT molecular complexity index is 877. The second kappa shape index (κ2) is 8.13. The fraction of sp³-hybridized carbons (Fsp3) is 0.381. The van der Waals surface area contributed by atoms with Crippen LogP contribution in [0.2, 0.25) is 0 Å². The highest BCUT2D eigenvalue weighted by molar-refractivity contribution is 5.98. The molecule has 2 aromatic rings. The van der Waals surface area contributed by atoms with Crippen LogP contribution in [0.1, 0.15) is 54.9 Å². The molecule has 1 aromatic carbocycles. The van der Waals surface area contributed by atoms with Crippen molar-refractivity contribution in [1.29, 1.82) is 0 Å². The number of hydrogen-bond acceptors (Lipinski definition) is 3. The van der Waals surface area contributed by atoms with Gasteiger partial charge >= 0.3 is 0 Å². The van der Waals surface area contributed by atoms with Gasteiger partial charge in [0, 0.05) is 24.4 Å². The average Bonchev–Trinajstić information content (AvgIpc) is 2.62. The van der Waals surface area contributed by atoms with Gasteiger partial charge in [0.25, 0.3) is 5.91 Å². The molecule has 1 aromatic heterocycles. The third kappa shape index (κ3) is 4.48. The van der Waals surface area contributed by atoms with Crippen molar-refractivity contribution in [2.75, 3.05) is 5.32 Å². The largest absolute Gasteiger partial charge is 0.326 e. The Kier molecular flexibility index (Phi) is 5.66. The summed E-state index contributed by atoms with van der Waals surface area (Å²) in [6.07, 6.45) is 7.62. The van der Waals surface area contributed by atoms with E-state index in [1.165, 1.54) is 26.2 Å². The summed E-state index contributed by atoms with van der Waals surface area (Å²) < 4.78 is 1.61. The molecule has 0 radical (unpaired) electrons. The molecule has 0 spiro atoms. The summed E-state index contributed by atoms with van der Waals surface area (Å²) in [5.41, 5.74) is 2.91. The molecule has 3 rings (SSSR count). The molecule has 1 fully saturated rings. The predicted molar refractivity (Wildman–Crippen MR) is 102 cm³/mol. The van der Waals surface area contributed by atoms with Crippen LogP contribution in [0.5, 0.6) is 0 Å². The van der Waals surface area contributed by atoms with Crippen LogP contribution in [0.25, 0.3) is 0 Å². The van der Waals surface area contributed by atoms with Crippen LogP contribution in [0, 0.1) is 6.92 Å². The summed E-state index contributed by atoms with van der Waals surface area (Å²) in [5.74, 6) is -0.308. The van der Waals surface area contributed by atoms with E-state index in [-0.39, 0.29) is 17.9 Å². The van der Waals surface area contributed by atoms with Crippen molar-refractivity contribution < 1.29 is 9.59 Å². The Hall–Kier alpha value is -2.69. The number of rotatable bonds is 3. The lowest BCUT2D eigenvalue weighted by Crippen LogP contribution is -2.29. The van der Waals surface area contributed by atoms with E-state index in [0.29, 0.717) is 16.7 Å². The van der Waals surface area contributed by atoms with Crippen molar-refractivity contribution in [3.8, 4) is 0 Å². The van der Waals surface area contributed by atoms with Gasteiger partial charge in [-0.1, -0.05) is 25.3 Å². The van der Waals surface area contributed by atoms with Crippen LogP contribution in [0.3, 0.4) is 0 Å². The number of nitrogens with one attached hydrogen (secondary N) is 1. The molecule has 136 valence electrons. The number of carbonyl (C=O) groups excluding carboxylic acids is 2. The lowest BCUT2D eigenvalue weighted by Gasteiger charge is -2.18. The lowest BCUT2D eigenvalue weighted by atomic mass is 9.96. The maximum absolute atomic E-state index is 13.0. The zero-order valence-electron chi connectivity index (χ0n) is 15.4. The zero-order valence-corrected chi connectivity index (χ0v) is 15.4. The number of hydrogen-bond donors (Lipinski definition) is 1. The van der Waals surface area contributed by atoms with E-state index in [4.69, 9.17) is 4.99 Å². The maximum Gasteiger partial charge on any atom is 0.263 e. The number of pyridine rings is 1. The van der Waals surface area contributed by atoms with E-state index < -0.39 is 0 Å². The van der Waals surface area contributed by atoms with Crippen LogP contribution in [-0.2, 0) is 4.79 Å². The number of anilines is 1. The van der Waals surface area contributed by atoms with Crippen molar-refractivity contribution >= 4 is 17.5 Å². The highest BCUT2D eigenvalue weighted by Gasteiger charge is 2.14. The van der Waals surface area contributed by atoms with Gasteiger partial charge in [-0.25, -0.2) is 0 Å². The Morgan fingerprint density at radius 3 is 2.62 bits per heavy atom. The molecule has 1 heterocycles. The summed E-state index contributed by atoms with van der Waals surface area (Å²) in [5, 5.41) is 2.72. The molecule has 0 aliphatic heterocycles. The van der Waals surface area contributed by atoms with Crippen LogP contribution >= 0.6 is 0 Å². The number of aromatic nitrogens is 1. The monoisotopic (exact) mass is 351 g/mol. The van der Waals surface area contributed by atoms with Crippen molar-refractivity contribution in [3.05, 3.63) is 59.2 Å². The highest BCUT2D eigenvalue weighted by atomic mass is 16.2. The van der Waals surface area contributed by atoms with Gasteiger partial charge in [0.05, 0.1) is 6.04 Å². The maximum atomic E-state index is 13.0. The second-order valence-electron chi connectivity index (χ2n) is 6.92. The molecule has 26 heavy (non-hydrogen) atoms. The van der Waals surface area contributed by atoms with Gasteiger partial charge in [0.15, 0.2) is 0 Å². The molecule has 1 aliphatic rings. The van der Waals surface area contributed by atoms with Gasteiger partial charge < -0.3 is 5.32 Å². The van der Waals surface area contributed by atoms with Crippen molar-refractivity contribution in [2.45, 2.75) is 52.0 Å². The van der Waals surface area contributed by atoms with Crippen LogP contribution in [0.4, 0.5) is 5.69 Å². The van der Waals surface area contributed by atoms with E-state index in [0.717, 1.165) is 18.4 Å². The molecule has 1 saturated carbocycles. The molecule has 0 bridgehead atoms. The smallest absolute Gasteiger partial charge is 0.263 e. The van der Waals surface area contributed by atoms with Crippen LogP contribution < -0.4 is 10.8 Å². The Labute approximate surface area is 153 Å². The van der Waals surface area contributed by atoms with Gasteiger partial charge in [-0.2, -0.15) is 0 Å². The topological polar surface area (TPSA) is 63.5 Å². The highest BCUT2D eigenvalue weighted by Crippen LogP contribution is 2.19. The number of carbonyl (C=O) groups is 2. The summed E-state index contributed by atoms with van der Waals surface area (Å²) in [7, 11) is 0. The molecule has 1 aliphatic carbocycles. The first kappa shape index (κ1) is 18.1. The molecule has 1 N–H and O–H groups in total. The third-order valence-corrected chi connectivity index (χ3v) is 4.63. The number of aryl methyl sites for hydroxylation is 1. The van der Waals surface area contributed by atoms with E-state index >= 15 is 0 Å². The first-order valence-electron chi connectivity index (χ1n) is 9.18. The standard InChI is InChI=1S/C21H25N3O2/c1-15-11-12-24(20(13-15)23-18-8-4-3-5-9-18)21(26)17-7-6-10-19(14-17)22-16(2)25/h6-7,10-14,18H,3-5,8-9H2,1-2H3,(H,22,25). The fourth-order valence-corrected chi connectivity index (χ4v) is 3.33. The molecule has 5 nitrogen and oxygen atoms in total. The Morgan fingerprint density at radius 2 is 1.88 bits per heavy atom. The molecule has 0 saturated heterocycles. The van der Waals surface area contributed by atoms with Crippen molar-refractivity contribution in [3.63, 3.8) is 0 Å². The molecular weight excluding hydrogens is 326 g/mol.